The quantitative estimate of drug-likeness (QED) is 0.834. The molecule has 1 unspecified atom stereocenters. The summed E-state index contributed by atoms with van der Waals surface area (Å²) in [5.74, 6) is 1.04. The Labute approximate surface area is 119 Å². The molecular formula is C15H22N2O3. The number of hydrogen-bond acceptors (Lipinski definition) is 4. The fourth-order valence-electron chi connectivity index (χ4n) is 2.44. The molecule has 20 heavy (non-hydrogen) atoms. The van der Waals surface area contributed by atoms with Gasteiger partial charge in [0.15, 0.2) is 0 Å². The largest absolute Gasteiger partial charge is 0.495 e. The lowest BCUT2D eigenvalue weighted by Crippen LogP contribution is -2.35. The van der Waals surface area contributed by atoms with Crippen molar-refractivity contribution in [1.82, 2.24) is 4.90 Å². The Bertz CT molecular complexity index is 470. The molecule has 0 bridgehead atoms. The summed E-state index contributed by atoms with van der Waals surface area (Å²) in [6, 6.07) is 5.16. The van der Waals surface area contributed by atoms with E-state index < -0.39 is 0 Å². The number of carbonyl (C=O) groups excluding carboxylic acids is 1. The van der Waals surface area contributed by atoms with E-state index in [9.17, 15) is 4.79 Å². The maximum Gasteiger partial charge on any atom is 0.253 e. The van der Waals surface area contributed by atoms with E-state index in [-0.39, 0.29) is 5.91 Å². The van der Waals surface area contributed by atoms with Crippen LogP contribution in [0, 0.1) is 5.92 Å². The average Bonchev–Trinajstić information content (AvgIpc) is 2.97. The smallest absolute Gasteiger partial charge is 0.253 e. The molecule has 2 rings (SSSR count). The van der Waals surface area contributed by atoms with E-state index in [4.69, 9.17) is 15.2 Å². The second-order valence-corrected chi connectivity index (χ2v) is 5.03. The van der Waals surface area contributed by atoms with Crippen molar-refractivity contribution in [3.63, 3.8) is 0 Å². The fraction of sp³-hybridized carbons (Fsp3) is 0.533. The number of hydrogen-bond donors (Lipinski definition) is 1. The summed E-state index contributed by atoms with van der Waals surface area (Å²) in [7, 11) is 1.56. The lowest BCUT2D eigenvalue weighted by atomic mass is 10.1. The molecule has 0 aromatic heterocycles. The summed E-state index contributed by atoms with van der Waals surface area (Å²) in [6.45, 7) is 4.95. The number of anilines is 1. The van der Waals surface area contributed by atoms with E-state index in [1.807, 2.05) is 11.8 Å². The Morgan fingerprint density at radius 1 is 1.55 bits per heavy atom. The van der Waals surface area contributed by atoms with Gasteiger partial charge in [-0.3, -0.25) is 4.79 Å². The first-order valence-corrected chi connectivity index (χ1v) is 6.96. The third-order valence-corrected chi connectivity index (χ3v) is 3.65. The molecule has 1 aliphatic heterocycles. The molecule has 0 aliphatic carbocycles. The molecule has 1 atom stereocenters. The number of nitrogens with zero attached hydrogens (tertiary/aromatic N) is 1. The standard InChI is InChI=1S/C15H22N2O3/c1-3-17(9-11-6-7-20-10-11)15(18)12-4-5-14(19-2)13(16)8-12/h4-5,8,11H,3,6-7,9-10,16H2,1-2H3. The number of carbonyl (C=O) groups is 1. The van der Waals surface area contributed by atoms with E-state index in [0.29, 0.717) is 29.5 Å². The van der Waals surface area contributed by atoms with Crippen LogP contribution in [0.15, 0.2) is 18.2 Å². The highest BCUT2D eigenvalue weighted by Crippen LogP contribution is 2.23. The number of ether oxygens (including phenoxy) is 2. The second kappa shape index (κ2) is 6.61. The topological polar surface area (TPSA) is 64.8 Å². The zero-order chi connectivity index (χ0) is 14.5. The van der Waals surface area contributed by atoms with Crippen molar-refractivity contribution in [2.24, 2.45) is 5.92 Å². The third kappa shape index (κ3) is 3.22. The molecule has 1 aliphatic rings. The highest BCUT2D eigenvalue weighted by Gasteiger charge is 2.22. The highest BCUT2D eigenvalue weighted by molar-refractivity contribution is 5.95. The summed E-state index contributed by atoms with van der Waals surface area (Å²) in [6.07, 6.45) is 1.02. The first kappa shape index (κ1) is 14.7. The van der Waals surface area contributed by atoms with Gasteiger partial charge in [0, 0.05) is 31.2 Å². The first-order chi connectivity index (χ1) is 9.65. The Hall–Kier alpha value is -1.75. The Morgan fingerprint density at radius 2 is 2.35 bits per heavy atom. The molecule has 110 valence electrons. The number of methoxy groups -OCH3 is 1. The summed E-state index contributed by atoms with van der Waals surface area (Å²) in [5, 5.41) is 0. The van der Waals surface area contributed by atoms with Crippen LogP contribution < -0.4 is 10.5 Å². The van der Waals surface area contributed by atoms with Gasteiger partial charge >= 0.3 is 0 Å². The summed E-state index contributed by atoms with van der Waals surface area (Å²) in [5.41, 5.74) is 6.94. The van der Waals surface area contributed by atoms with Gasteiger partial charge in [-0.05, 0) is 31.5 Å². The number of rotatable bonds is 5. The minimum Gasteiger partial charge on any atom is -0.495 e. The van der Waals surface area contributed by atoms with Crippen molar-refractivity contribution in [3.05, 3.63) is 23.8 Å². The average molecular weight is 278 g/mol. The molecule has 2 N–H and O–H groups in total. The van der Waals surface area contributed by atoms with Gasteiger partial charge in [-0.2, -0.15) is 0 Å². The maximum absolute atomic E-state index is 12.5. The van der Waals surface area contributed by atoms with Gasteiger partial charge in [0.2, 0.25) is 0 Å². The second-order valence-electron chi connectivity index (χ2n) is 5.03. The molecule has 0 spiro atoms. The van der Waals surface area contributed by atoms with E-state index in [2.05, 4.69) is 0 Å². The van der Waals surface area contributed by atoms with Gasteiger partial charge in [0.25, 0.3) is 5.91 Å². The molecule has 1 saturated heterocycles. The molecule has 1 fully saturated rings. The van der Waals surface area contributed by atoms with E-state index in [1.54, 1.807) is 25.3 Å². The van der Waals surface area contributed by atoms with E-state index in [0.717, 1.165) is 26.2 Å². The van der Waals surface area contributed by atoms with Gasteiger partial charge in [0.05, 0.1) is 19.4 Å². The van der Waals surface area contributed by atoms with Gasteiger partial charge in [-0.15, -0.1) is 0 Å². The van der Waals surface area contributed by atoms with Crippen LogP contribution in [0.2, 0.25) is 0 Å². The minimum absolute atomic E-state index is 0.00810. The van der Waals surface area contributed by atoms with Crippen LogP contribution in [-0.4, -0.2) is 44.2 Å². The maximum atomic E-state index is 12.5. The lowest BCUT2D eigenvalue weighted by molar-refractivity contribution is 0.0731. The predicted molar refractivity (Wildman–Crippen MR) is 77.9 cm³/mol. The van der Waals surface area contributed by atoms with Gasteiger partial charge < -0.3 is 20.1 Å². The van der Waals surface area contributed by atoms with Crippen molar-refractivity contribution in [2.75, 3.05) is 39.1 Å². The zero-order valence-corrected chi connectivity index (χ0v) is 12.1. The van der Waals surface area contributed by atoms with Crippen LogP contribution in [0.3, 0.4) is 0 Å². The predicted octanol–water partition coefficient (Wildman–Crippen LogP) is 1.78. The summed E-state index contributed by atoms with van der Waals surface area (Å²) >= 11 is 0. The molecule has 5 heteroatoms. The van der Waals surface area contributed by atoms with Crippen molar-refractivity contribution in [1.29, 1.82) is 0 Å². The highest BCUT2D eigenvalue weighted by atomic mass is 16.5. The lowest BCUT2D eigenvalue weighted by Gasteiger charge is -2.24. The van der Waals surface area contributed by atoms with Crippen LogP contribution in [0.4, 0.5) is 5.69 Å². The number of benzene rings is 1. The van der Waals surface area contributed by atoms with Crippen molar-refractivity contribution >= 4 is 11.6 Å². The fourth-order valence-corrected chi connectivity index (χ4v) is 2.44. The molecular weight excluding hydrogens is 256 g/mol. The minimum atomic E-state index is 0.00810. The van der Waals surface area contributed by atoms with Crippen LogP contribution >= 0.6 is 0 Å². The summed E-state index contributed by atoms with van der Waals surface area (Å²) in [4.78, 5) is 14.4. The van der Waals surface area contributed by atoms with Crippen LogP contribution in [-0.2, 0) is 4.74 Å². The third-order valence-electron chi connectivity index (χ3n) is 3.65. The Balaban J connectivity index is 2.09. The first-order valence-electron chi connectivity index (χ1n) is 6.96. The molecule has 1 amide bonds. The van der Waals surface area contributed by atoms with E-state index in [1.165, 1.54) is 0 Å². The van der Waals surface area contributed by atoms with Crippen molar-refractivity contribution < 1.29 is 14.3 Å². The number of amides is 1. The van der Waals surface area contributed by atoms with E-state index >= 15 is 0 Å². The molecule has 0 radical (unpaired) electrons. The summed E-state index contributed by atoms with van der Waals surface area (Å²) < 4.78 is 10.5. The van der Waals surface area contributed by atoms with Gasteiger partial charge in [-0.25, -0.2) is 0 Å². The van der Waals surface area contributed by atoms with Gasteiger partial charge in [0.1, 0.15) is 5.75 Å². The van der Waals surface area contributed by atoms with Crippen LogP contribution in [0.1, 0.15) is 23.7 Å². The van der Waals surface area contributed by atoms with Crippen LogP contribution in [0.5, 0.6) is 5.75 Å². The molecule has 1 aromatic carbocycles. The normalized spacial score (nSPS) is 18.0. The van der Waals surface area contributed by atoms with Crippen molar-refractivity contribution in [2.45, 2.75) is 13.3 Å². The number of nitrogen functional groups attached to an aromatic ring is 1. The van der Waals surface area contributed by atoms with Crippen LogP contribution in [0.25, 0.3) is 0 Å². The molecule has 5 nitrogen and oxygen atoms in total. The zero-order valence-electron chi connectivity index (χ0n) is 12.1. The Morgan fingerprint density at radius 3 is 2.90 bits per heavy atom. The number of nitrogens with two attached hydrogens (primary N) is 1. The Kier molecular flexibility index (Phi) is 4.84. The SMILES string of the molecule is CCN(CC1CCOC1)C(=O)c1ccc(OC)c(N)c1. The molecule has 1 heterocycles. The van der Waals surface area contributed by atoms with Crippen molar-refractivity contribution in [3.8, 4) is 5.75 Å². The van der Waals surface area contributed by atoms with Gasteiger partial charge in [-0.1, -0.05) is 0 Å². The molecule has 0 saturated carbocycles. The molecule has 1 aromatic rings. The monoisotopic (exact) mass is 278 g/mol.